The highest BCUT2D eigenvalue weighted by Gasteiger charge is 2.34. The van der Waals surface area contributed by atoms with E-state index in [0.29, 0.717) is 19.3 Å². The number of rotatable bonds is 15. The maximum atomic E-state index is 13.5. The lowest BCUT2D eigenvalue weighted by Gasteiger charge is -2.30. The molecule has 10 heteroatoms. The summed E-state index contributed by atoms with van der Waals surface area (Å²) in [4.78, 5) is 51.4. The minimum Gasteiger partial charge on any atom is -0.467 e. The zero-order valence-electron chi connectivity index (χ0n) is 26.2. The summed E-state index contributed by atoms with van der Waals surface area (Å²) in [5, 5.41) is 19.6. The predicted molar refractivity (Wildman–Crippen MR) is 158 cm³/mol. The molecule has 2 unspecified atom stereocenters. The van der Waals surface area contributed by atoms with Crippen LogP contribution in [0.1, 0.15) is 80.2 Å². The second-order valence-electron chi connectivity index (χ2n) is 12.2. The molecule has 0 fully saturated rings. The average molecular weight is 578 g/mol. The Morgan fingerprint density at radius 2 is 1.44 bits per heavy atom. The summed E-state index contributed by atoms with van der Waals surface area (Å²) in [6.45, 7) is 14.4. The van der Waals surface area contributed by atoms with Crippen LogP contribution in [-0.4, -0.2) is 65.9 Å². The Hall–Kier alpha value is -3.14. The normalized spacial score (nSPS) is 15.3. The summed E-state index contributed by atoms with van der Waals surface area (Å²) >= 11 is 0. The molecule has 0 aliphatic heterocycles. The first-order chi connectivity index (χ1) is 19.1. The molecular weight excluding hydrogens is 526 g/mol. The van der Waals surface area contributed by atoms with Gasteiger partial charge in [-0.3, -0.25) is 9.59 Å². The molecule has 232 valence electrons. The fraction of sp³-hybridized carbons (Fsp3) is 0.677. The summed E-state index contributed by atoms with van der Waals surface area (Å²) in [5.41, 5.74) is 0.192. The van der Waals surface area contributed by atoms with E-state index in [1.165, 1.54) is 7.11 Å². The van der Waals surface area contributed by atoms with E-state index in [-0.39, 0.29) is 24.2 Å². The molecule has 41 heavy (non-hydrogen) atoms. The van der Waals surface area contributed by atoms with Crippen molar-refractivity contribution in [3.8, 4) is 0 Å². The molecule has 0 spiro atoms. The summed E-state index contributed by atoms with van der Waals surface area (Å²) in [7, 11) is 1.26. The number of carbonyl (C=O) groups is 4. The van der Waals surface area contributed by atoms with Crippen molar-refractivity contribution in [2.75, 3.05) is 7.11 Å². The monoisotopic (exact) mass is 577 g/mol. The van der Waals surface area contributed by atoms with Gasteiger partial charge in [-0.2, -0.15) is 0 Å². The fourth-order valence-corrected chi connectivity index (χ4v) is 4.44. The first kappa shape index (κ1) is 35.9. The number of hydrogen-bond donors (Lipinski definition) is 4. The fourth-order valence-electron chi connectivity index (χ4n) is 4.44. The van der Waals surface area contributed by atoms with Crippen LogP contribution < -0.4 is 16.0 Å². The molecule has 0 bridgehead atoms. The van der Waals surface area contributed by atoms with Crippen molar-refractivity contribution in [2.24, 2.45) is 17.8 Å². The molecule has 0 radical (unpaired) electrons. The maximum absolute atomic E-state index is 13.5. The van der Waals surface area contributed by atoms with E-state index in [2.05, 4.69) is 16.0 Å². The number of aliphatic hydroxyl groups is 1. The van der Waals surface area contributed by atoms with Crippen LogP contribution in [0.4, 0.5) is 4.79 Å². The van der Waals surface area contributed by atoms with Gasteiger partial charge in [0.25, 0.3) is 0 Å². The molecule has 0 saturated heterocycles. The lowest BCUT2D eigenvalue weighted by molar-refractivity contribution is -0.147. The summed E-state index contributed by atoms with van der Waals surface area (Å²) in [6, 6.07) is 6.97. The molecule has 0 heterocycles. The van der Waals surface area contributed by atoms with Crippen LogP contribution in [-0.2, 0) is 30.3 Å². The zero-order valence-corrected chi connectivity index (χ0v) is 26.2. The molecule has 0 aliphatic rings. The Morgan fingerprint density at radius 3 is 1.93 bits per heavy atom. The standard InChI is InChI=1S/C31H51N3O7/c1-10-14-22(27(36)33-25(19(2)3)28(37)34-26(20(4)5)29(38)40-9)18-24(35)23(17-21-15-12-11-13-16-21)32-30(39)41-31(6,7)8/h11-13,15-16,19-20,22-26,35H,10,14,17-18H2,1-9H3,(H,32,39)(H,33,36)(H,34,37)/t22?,23-,24-,25+,26?/m0/s1. The minimum absolute atomic E-state index is 0.0657. The molecule has 4 N–H and O–H groups in total. The Bertz CT molecular complexity index is 976. The molecular formula is C31H51N3O7. The van der Waals surface area contributed by atoms with Crippen LogP contribution in [0.3, 0.4) is 0 Å². The van der Waals surface area contributed by atoms with Crippen molar-refractivity contribution >= 4 is 23.9 Å². The van der Waals surface area contributed by atoms with Gasteiger partial charge in [0.2, 0.25) is 11.8 Å². The van der Waals surface area contributed by atoms with Crippen molar-refractivity contribution in [3.63, 3.8) is 0 Å². The number of ether oxygens (including phenoxy) is 2. The van der Waals surface area contributed by atoms with Gasteiger partial charge in [-0.05, 0) is 57.4 Å². The quantitative estimate of drug-likeness (QED) is 0.233. The molecule has 1 rings (SSSR count). The Kier molecular flexibility index (Phi) is 14.8. The molecule has 0 aromatic heterocycles. The van der Waals surface area contributed by atoms with Gasteiger partial charge in [0, 0.05) is 5.92 Å². The largest absolute Gasteiger partial charge is 0.467 e. The van der Waals surface area contributed by atoms with E-state index in [1.54, 1.807) is 48.5 Å². The number of esters is 1. The Labute approximate surface area is 245 Å². The van der Waals surface area contributed by atoms with Crippen molar-refractivity contribution in [1.82, 2.24) is 16.0 Å². The Balaban J connectivity index is 3.10. The number of methoxy groups -OCH3 is 1. The van der Waals surface area contributed by atoms with Crippen LogP contribution in [0.2, 0.25) is 0 Å². The minimum atomic E-state index is -1.07. The van der Waals surface area contributed by atoms with E-state index in [9.17, 15) is 24.3 Å². The van der Waals surface area contributed by atoms with Gasteiger partial charge in [-0.1, -0.05) is 71.4 Å². The molecule has 1 aromatic carbocycles. The highest BCUT2D eigenvalue weighted by molar-refractivity contribution is 5.91. The van der Waals surface area contributed by atoms with E-state index in [1.807, 2.05) is 37.3 Å². The van der Waals surface area contributed by atoms with Crippen molar-refractivity contribution in [3.05, 3.63) is 35.9 Å². The highest BCUT2D eigenvalue weighted by atomic mass is 16.6. The van der Waals surface area contributed by atoms with E-state index >= 15 is 0 Å². The highest BCUT2D eigenvalue weighted by Crippen LogP contribution is 2.20. The Morgan fingerprint density at radius 1 is 0.878 bits per heavy atom. The number of hydrogen-bond acceptors (Lipinski definition) is 7. The van der Waals surface area contributed by atoms with Crippen LogP contribution in [0, 0.1) is 17.8 Å². The number of nitrogens with one attached hydrogen (secondary N) is 3. The van der Waals surface area contributed by atoms with Gasteiger partial charge in [-0.25, -0.2) is 9.59 Å². The molecule has 10 nitrogen and oxygen atoms in total. The lowest BCUT2D eigenvalue weighted by atomic mass is 9.89. The summed E-state index contributed by atoms with van der Waals surface area (Å²) in [6.07, 6.45) is -0.184. The third-order valence-electron chi connectivity index (χ3n) is 6.67. The molecule has 0 saturated carbocycles. The third kappa shape index (κ3) is 12.9. The van der Waals surface area contributed by atoms with Crippen LogP contribution in [0.5, 0.6) is 0 Å². The number of aliphatic hydroxyl groups excluding tert-OH is 1. The molecule has 3 amide bonds. The molecule has 5 atom stereocenters. The lowest BCUT2D eigenvalue weighted by Crippen LogP contribution is -2.56. The topological polar surface area (TPSA) is 143 Å². The van der Waals surface area contributed by atoms with Gasteiger partial charge in [0.15, 0.2) is 0 Å². The first-order valence-corrected chi connectivity index (χ1v) is 14.5. The van der Waals surface area contributed by atoms with Crippen LogP contribution in [0.25, 0.3) is 0 Å². The molecule has 1 aromatic rings. The number of amides is 3. The van der Waals surface area contributed by atoms with Gasteiger partial charge in [-0.15, -0.1) is 0 Å². The second kappa shape index (κ2) is 17.0. The molecule has 0 aliphatic carbocycles. The second-order valence-corrected chi connectivity index (χ2v) is 12.2. The number of carbonyl (C=O) groups excluding carboxylic acids is 4. The van der Waals surface area contributed by atoms with E-state index < -0.39 is 53.7 Å². The first-order valence-electron chi connectivity index (χ1n) is 14.5. The van der Waals surface area contributed by atoms with Crippen LogP contribution >= 0.6 is 0 Å². The van der Waals surface area contributed by atoms with Crippen molar-refractivity contribution in [2.45, 2.75) is 111 Å². The van der Waals surface area contributed by atoms with Gasteiger partial charge in [0.05, 0.1) is 19.3 Å². The maximum Gasteiger partial charge on any atom is 0.407 e. The third-order valence-corrected chi connectivity index (χ3v) is 6.67. The van der Waals surface area contributed by atoms with Crippen molar-refractivity contribution < 1.29 is 33.8 Å². The summed E-state index contributed by atoms with van der Waals surface area (Å²) in [5.74, 6) is -2.52. The SMILES string of the molecule is CCCC(C[C@H](O)[C@H](Cc1ccccc1)NC(=O)OC(C)(C)C)C(=O)N[C@@H](C(=O)NC(C(=O)OC)C(C)C)C(C)C. The smallest absolute Gasteiger partial charge is 0.407 e. The number of benzene rings is 1. The zero-order chi connectivity index (χ0) is 31.3. The van der Waals surface area contributed by atoms with Crippen LogP contribution in [0.15, 0.2) is 30.3 Å². The summed E-state index contributed by atoms with van der Waals surface area (Å²) < 4.78 is 10.2. The number of alkyl carbamates (subject to hydrolysis) is 1. The average Bonchev–Trinajstić information content (AvgIpc) is 2.88. The van der Waals surface area contributed by atoms with Gasteiger partial charge >= 0.3 is 12.1 Å². The van der Waals surface area contributed by atoms with E-state index in [0.717, 1.165) is 5.56 Å². The van der Waals surface area contributed by atoms with Crippen molar-refractivity contribution in [1.29, 1.82) is 0 Å². The predicted octanol–water partition coefficient (Wildman–Crippen LogP) is 3.74. The van der Waals surface area contributed by atoms with Gasteiger partial charge in [0.1, 0.15) is 17.7 Å². The van der Waals surface area contributed by atoms with E-state index in [4.69, 9.17) is 9.47 Å². The van der Waals surface area contributed by atoms with Gasteiger partial charge < -0.3 is 30.5 Å².